The molecule has 4 rings (SSSR count). The molecule has 0 radical (unpaired) electrons. The molecule has 0 N–H and O–H groups in total. The van der Waals surface area contributed by atoms with Crippen LogP contribution in [0.25, 0.3) is 6.08 Å². The highest BCUT2D eigenvalue weighted by molar-refractivity contribution is 9.10. The van der Waals surface area contributed by atoms with Crippen LogP contribution in [-0.2, 0) is 11.3 Å². The van der Waals surface area contributed by atoms with E-state index in [0.29, 0.717) is 4.91 Å². The Kier molecular flexibility index (Phi) is 5.76. The number of amidine groups is 1. The number of benzene rings is 2. The van der Waals surface area contributed by atoms with Gasteiger partial charge in [-0.25, -0.2) is 0 Å². The molecule has 0 atom stereocenters. The molecule has 2 aliphatic heterocycles. The van der Waals surface area contributed by atoms with E-state index in [1.807, 2.05) is 36.4 Å². The molecule has 0 unspecified atom stereocenters. The zero-order valence-corrected chi connectivity index (χ0v) is 17.2. The maximum absolute atomic E-state index is 12.3. The summed E-state index contributed by atoms with van der Waals surface area (Å²) in [6, 6.07) is 18.4. The van der Waals surface area contributed by atoms with E-state index in [1.54, 1.807) is 0 Å². The van der Waals surface area contributed by atoms with Gasteiger partial charge >= 0.3 is 0 Å². The van der Waals surface area contributed by atoms with Crippen LogP contribution < -0.4 is 0 Å². The Morgan fingerprint density at radius 3 is 2.44 bits per heavy atom. The van der Waals surface area contributed by atoms with Gasteiger partial charge < -0.3 is 4.90 Å². The molecule has 1 fully saturated rings. The first kappa shape index (κ1) is 18.5. The number of hydrogen-bond acceptors (Lipinski definition) is 4. The summed E-state index contributed by atoms with van der Waals surface area (Å²) in [6.07, 6.45) is 1.92. The Morgan fingerprint density at radius 1 is 1.00 bits per heavy atom. The van der Waals surface area contributed by atoms with Crippen molar-refractivity contribution in [2.75, 3.05) is 26.2 Å². The fourth-order valence-corrected chi connectivity index (χ4v) is 4.56. The molecule has 4 nitrogen and oxygen atoms in total. The standard InChI is InChI=1S/C21H20BrN3OS/c22-18-9-5-4-8-17(18)14-19-20(26)23-21(27-19)25-12-10-24(11-13-25)15-16-6-2-1-3-7-16/h1-9,14H,10-13,15H2/b19-14-. The molecule has 138 valence electrons. The molecule has 1 saturated heterocycles. The lowest BCUT2D eigenvalue weighted by Crippen LogP contribution is -2.47. The molecule has 0 aromatic heterocycles. The lowest BCUT2D eigenvalue weighted by molar-refractivity contribution is -0.113. The minimum atomic E-state index is -0.141. The van der Waals surface area contributed by atoms with E-state index in [4.69, 9.17) is 0 Å². The van der Waals surface area contributed by atoms with Crippen molar-refractivity contribution in [3.63, 3.8) is 0 Å². The zero-order chi connectivity index (χ0) is 18.6. The number of halogens is 1. The normalized spacial score (nSPS) is 19.6. The van der Waals surface area contributed by atoms with Crippen molar-refractivity contribution in [1.29, 1.82) is 0 Å². The molecule has 1 amide bonds. The molecule has 0 saturated carbocycles. The van der Waals surface area contributed by atoms with Gasteiger partial charge in [-0.3, -0.25) is 9.69 Å². The largest absolute Gasteiger partial charge is 0.348 e. The average Bonchev–Trinajstić information content (AvgIpc) is 3.05. The molecule has 0 spiro atoms. The van der Waals surface area contributed by atoms with Crippen LogP contribution in [0.5, 0.6) is 0 Å². The van der Waals surface area contributed by atoms with Gasteiger partial charge in [0.15, 0.2) is 5.17 Å². The third-order valence-corrected chi connectivity index (χ3v) is 6.46. The third-order valence-electron chi connectivity index (χ3n) is 4.69. The lowest BCUT2D eigenvalue weighted by Gasteiger charge is -2.35. The van der Waals surface area contributed by atoms with E-state index in [2.05, 4.69) is 55.0 Å². The molecule has 2 aromatic rings. The van der Waals surface area contributed by atoms with Crippen LogP contribution in [0.2, 0.25) is 0 Å². The van der Waals surface area contributed by atoms with Crippen LogP contribution in [0.4, 0.5) is 0 Å². The first-order valence-corrected chi connectivity index (χ1v) is 10.6. The van der Waals surface area contributed by atoms with E-state index in [-0.39, 0.29) is 5.91 Å². The van der Waals surface area contributed by atoms with Crippen molar-refractivity contribution < 1.29 is 4.79 Å². The van der Waals surface area contributed by atoms with Gasteiger partial charge in [-0.15, -0.1) is 0 Å². The number of carbonyl (C=O) groups excluding carboxylic acids is 1. The van der Waals surface area contributed by atoms with Crippen molar-refractivity contribution in [2.24, 2.45) is 4.99 Å². The number of amides is 1. The van der Waals surface area contributed by atoms with E-state index in [1.165, 1.54) is 17.3 Å². The molecule has 6 heteroatoms. The Balaban J connectivity index is 1.36. The highest BCUT2D eigenvalue weighted by atomic mass is 79.9. The minimum absolute atomic E-state index is 0.141. The highest BCUT2D eigenvalue weighted by Crippen LogP contribution is 2.32. The van der Waals surface area contributed by atoms with Crippen molar-refractivity contribution in [1.82, 2.24) is 9.80 Å². The van der Waals surface area contributed by atoms with E-state index >= 15 is 0 Å². The summed E-state index contributed by atoms with van der Waals surface area (Å²) < 4.78 is 0.980. The minimum Gasteiger partial charge on any atom is -0.348 e. The SMILES string of the molecule is O=C1N=C(N2CCN(Cc3ccccc3)CC2)S/C1=C\c1ccccc1Br. The fraction of sp³-hybridized carbons (Fsp3) is 0.238. The average molecular weight is 442 g/mol. The van der Waals surface area contributed by atoms with Gasteiger partial charge in [-0.2, -0.15) is 4.99 Å². The van der Waals surface area contributed by atoms with Crippen LogP contribution in [0, 0.1) is 0 Å². The summed E-state index contributed by atoms with van der Waals surface area (Å²) in [7, 11) is 0. The third kappa shape index (κ3) is 4.51. The summed E-state index contributed by atoms with van der Waals surface area (Å²) in [5.74, 6) is -0.141. The lowest BCUT2D eigenvalue weighted by atomic mass is 10.2. The van der Waals surface area contributed by atoms with Crippen molar-refractivity contribution in [3.8, 4) is 0 Å². The van der Waals surface area contributed by atoms with Crippen molar-refractivity contribution in [3.05, 3.63) is 75.1 Å². The summed E-state index contributed by atoms with van der Waals surface area (Å²) in [5.41, 5.74) is 2.34. The second kappa shape index (κ2) is 8.42. The molecular formula is C21H20BrN3OS. The second-order valence-electron chi connectivity index (χ2n) is 6.58. The quantitative estimate of drug-likeness (QED) is 0.667. The van der Waals surface area contributed by atoms with Gasteiger partial charge in [0.05, 0.1) is 4.91 Å². The number of thioether (sulfide) groups is 1. The Labute approximate surface area is 172 Å². The number of hydrogen-bond donors (Lipinski definition) is 0. The van der Waals surface area contributed by atoms with Crippen molar-refractivity contribution in [2.45, 2.75) is 6.54 Å². The smallest absolute Gasteiger partial charge is 0.286 e. The summed E-state index contributed by atoms with van der Waals surface area (Å²) in [4.78, 5) is 22.0. The van der Waals surface area contributed by atoms with Crippen LogP contribution in [0.1, 0.15) is 11.1 Å². The maximum Gasteiger partial charge on any atom is 0.286 e. The summed E-state index contributed by atoms with van der Waals surface area (Å²) in [6.45, 7) is 4.72. The first-order valence-electron chi connectivity index (χ1n) is 8.97. The molecule has 0 bridgehead atoms. The number of carbonyl (C=O) groups is 1. The topological polar surface area (TPSA) is 35.9 Å². The number of piperazine rings is 1. The molecule has 2 heterocycles. The van der Waals surface area contributed by atoms with Gasteiger partial charge in [-0.1, -0.05) is 64.5 Å². The second-order valence-corrected chi connectivity index (χ2v) is 8.44. The summed E-state index contributed by atoms with van der Waals surface area (Å²) in [5, 5.41) is 0.831. The van der Waals surface area contributed by atoms with Crippen LogP contribution in [0.15, 0.2) is 69.0 Å². The molecule has 27 heavy (non-hydrogen) atoms. The monoisotopic (exact) mass is 441 g/mol. The highest BCUT2D eigenvalue weighted by Gasteiger charge is 2.28. The van der Waals surface area contributed by atoms with Crippen molar-refractivity contribution >= 4 is 44.8 Å². The van der Waals surface area contributed by atoms with E-state index < -0.39 is 0 Å². The van der Waals surface area contributed by atoms with Crippen LogP contribution >= 0.6 is 27.7 Å². The van der Waals surface area contributed by atoms with Crippen LogP contribution in [0.3, 0.4) is 0 Å². The molecule has 2 aliphatic rings. The van der Waals surface area contributed by atoms with E-state index in [0.717, 1.165) is 47.9 Å². The number of rotatable bonds is 3. The predicted molar refractivity (Wildman–Crippen MR) is 115 cm³/mol. The van der Waals surface area contributed by atoms with Crippen LogP contribution in [-0.4, -0.2) is 47.1 Å². The molecule has 0 aliphatic carbocycles. The number of aliphatic imine (C=N–C) groups is 1. The zero-order valence-electron chi connectivity index (χ0n) is 14.8. The van der Waals surface area contributed by atoms with Gasteiger partial charge in [0.1, 0.15) is 0 Å². The fourth-order valence-electron chi connectivity index (χ4n) is 3.21. The molecule has 2 aromatic carbocycles. The molecular weight excluding hydrogens is 422 g/mol. The van der Waals surface area contributed by atoms with Gasteiger partial charge in [0.2, 0.25) is 0 Å². The Bertz CT molecular complexity index is 889. The van der Waals surface area contributed by atoms with Gasteiger partial charge in [-0.05, 0) is 35.0 Å². The Morgan fingerprint density at radius 2 is 1.70 bits per heavy atom. The number of nitrogens with zero attached hydrogens (tertiary/aromatic N) is 3. The van der Waals surface area contributed by atoms with Gasteiger partial charge in [0.25, 0.3) is 5.91 Å². The maximum atomic E-state index is 12.3. The predicted octanol–water partition coefficient (Wildman–Crippen LogP) is 4.24. The Hall–Kier alpha value is -1.89. The summed E-state index contributed by atoms with van der Waals surface area (Å²) >= 11 is 5.01. The first-order chi connectivity index (χ1) is 13.2. The van der Waals surface area contributed by atoms with E-state index in [9.17, 15) is 4.79 Å². The van der Waals surface area contributed by atoms with Gasteiger partial charge in [0, 0.05) is 37.2 Å².